The topological polar surface area (TPSA) is 60.4 Å². The molecule has 0 aliphatic rings. The Morgan fingerprint density at radius 2 is 0.868 bits per heavy atom. The van der Waals surface area contributed by atoms with Crippen LogP contribution in [0.1, 0.15) is 174 Å². The quantitative estimate of drug-likeness (QED) is 0.0626. The van der Waals surface area contributed by atoms with Gasteiger partial charge in [0, 0.05) is 0 Å². The third-order valence-electron chi connectivity index (χ3n) is 6.81. The summed E-state index contributed by atoms with van der Waals surface area (Å²) in [5, 5.41) is 0. The molecule has 0 saturated heterocycles. The smallest absolute Gasteiger partial charge is 0.0583 e. The molecule has 2 rings (SSSR count). The minimum atomic E-state index is -10.7. The molecule has 0 N–H and O–H groups in total. The summed E-state index contributed by atoms with van der Waals surface area (Å²) in [7, 11) is -15.0. The van der Waals surface area contributed by atoms with Gasteiger partial charge in [-0.25, -0.2) is 8.42 Å². The van der Waals surface area contributed by atoms with Gasteiger partial charge in [-0.1, -0.05) is 155 Å². The Labute approximate surface area is 349 Å². The maximum absolute atomic E-state index is 10.7. The van der Waals surface area contributed by atoms with Crippen LogP contribution in [0, 0.1) is 6.92 Å². The number of unbranched alkanes of at least 4 members (excludes halogenated alkanes) is 3. The van der Waals surface area contributed by atoms with Crippen LogP contribution < -0.4 is 29.6 Å². The summed E-state index contributed by atoms with van der Waals surface area (Å²) in [5.41, 5.74) is 2.50. The van der Waals surface area contributed by atoms with Gasteiger partial charge in [0.15, 0.2) is 0 Å². The van der Waals surface area contributed by atoms with Gasteiger partial charge in [0.2, 0.25) is 0 Å². The summed E-state index contributed by atoms with van der Waals surface area (Å²) < 4.78 is 91.1. The molecule has 0 radical (unpaired) electrons. The van der Waals surface area contributed by atoms with E-state index in [-0.39, 0.29) is 79.0 Å². The second-order valence-corrected chi connectivity index (χ2v) is 14.2. The minimum absolute atomic E-state index is 0. The molecule has 53 heavy (non-hydrogen) atoms. The second-order valence-electron chi connectivity index (χ2n) is 10.9. The van der Waals surface area contributed by atoms with Crippen LogP contribution >= 0.6 is 7.81 Å². The first kappa shape index (κ1) is 76.8. The third-order valence-corrected chi connectivity index (χ3v) is 7.66. The number of hydrogen-bond donors (Lipinski definition) is 0. The molecule has 2 aromatic rings. The predicted octanol–water partition coefficient (Wildman–Crippen LogP) is 14.0. The molecule has 0 fully saturated rings. The molecule has 0 spiro atoms. The molecule has 0 heterocycles. The normalized spacial score (nSPS) is 12.0. The zero-order valence-electron chi connectivity index (χ0n) is 30.1. The van der Waals surface area contributed by atoms with Gasteiger partial charge >= 0.3 is 62.5 Å². The van der Waals surface area contributed by atoms with Crippen molar-refractivity contribution in [1.82, 2.24) is 4.90 Å². The first-order valence-corrected chi connectivity index (χ1v) is 19.6. The fourth-order valence-corrected chi connectivity index (χ4v) is 4.17. The van der Waals surface area contributed by atoms with E-state index in [0.717, 1.165) is 12.0 Å². The Kier molecular flexibility index (Phi) is 55.2. The van der Waals surface area contributed by atoms with Crippen molar-refractivity contribution in [2.45, 2.75) is 168 Å². The van der Waals surface area contributed by atoms with Gasteiger partial charge in [0.1, 0.15) is 10.1 Å². The monoisotopic (exact) mass is 826 g/mol. The van der Waals surface area contributed by atoms with Crippen molar-refractivity contribution < 1.29 is 67.7 Å². The minimum Gasteiger partial charge on any atom is 0.0583 e. The molecule has 0 saturated carbocycles. The van der Waals surface area contributed by atoms with Crippen molar-refractivity contribution in [3.63, 3.8) is 0 Å². The molecule has 2 unspecified atom stereocenters. The van der Waals surface area contributed by atoms with E-state index in [1.807, 2.05) is 0 Å². The van der Waals surface area contributed by atoms with Crippen LogP contribution in [0.4, 0.5) is 25.2 Å². The van der Waals surface area contributed by atoms with Crippen molar-refractivity contribution >= 4 is 17.9 Å². The van der Waals surface area contributed by atoms with E-state index in [0.29, 0.717) is 11.8 Å². The van der Waals surface area contributed by atoms with E-state index < -0.39 is 17.9 Å². The SMILES string of the molecule is C.C.C.C.C.C.CCC(C)c1ccc(S(=O)(=O)[O-])cc1.CCC(C)c1ccccc1.CCCCN(CCCC)CCCC.F[P-](F)(F)(F)(F)F.[CH2+]C.[Na+]. The summed E-state index contributed by atoms with van der Waals surface area (Å²) in [6, 6.07) is 16.8. The van der Waals surface area contributed by atoms with Gasteiger partial charge in [0.05, 0.1) is 18.7 Å². The first-order valence-electron chi connectivity index (χ1n) is 16.2. The Morgan fingerprint density at radius 1 is 0.604 bits per heavy atom. The molecule has 4 nitrogen and oxygen atoms in total. The van der Waals surface area contributed by atoms with Gasteiger partial charge in [-0.05, 0) is 86.8 Å². The molecule has 0 bridgehead atoms. The fourth-order valence-electron chi connectivity index (χ4n) is 3.70. The number of benzene rings is 2. The average molecular weight is 826 g/mol. The molecule has 0 aliphatic carbocycles. The Hall–Kier alpha value is -0.810. The van der Waals surface area contributed by atoms with Crippen molar-refractivity contribution in [2.24, 2.45) is 0 Å². The zero-order valence-corrected chi connectivity index (χ0v) is 33.8. The molecule has 0 aliphatic heterocycles. The van der Waals surface area contributed by atoms with Gasteiger partial charge in [0.25, 0.3) is 0 Å². The number of rotatable bonds is 14. The summed E-state index contributed by atoms with van der Waals surface area (Å²) >= 11 is 0. The molecular formula is C40H83F6NNaO3PS. The van der Waals surface area contributed by atoms with Crippen LogP contribution in [0.15, 0.2) is 59.5 Å². The van der Waals surface area contributed by atoms with Crippen LogP contribution in [-0.2, 0) is 10.1 Å². The number of halogens is 6. The van der Waals surface area contributed by atoms with E-state index in [1.54, 1.807) is 19.1 Å². The van der Waals surface area contributed by atoms with E-state index in [1.165, 1.54) is 82.3 Å². The van der Waals surface area contributed by atoms with Crippen molar-refractivity contribution in [3.05, 3.63) is 72.6 Å². The summed E-state index contributed by atoms with van der Waals surface area (Å²) in [6.07, 6.45) is 10.3. The van der Waals surface area contributed by atoms with Crippen molar-refractivity contribution in [1.29, 1.82) is 0 Å². The maximum atomic E-state index is 10.6. The largest absolute Gasteiger partial charge is 1.00 e. The summed E-state index contributed by atoms with van der Waals surface area (Å²) in [5.74, 6) is 1.10. The van der Waals surface area contributed by atoms with E-state index in [9.17, 15) is 38.2 Å². The van der Waals surface area contributed by atoms with E-state index in [2.05, 4.69) is 90.6 Å². The van der Waals surface area contributed by atoms with Crippen molar-refractivity contribution in [2.75, 3.05) is 19.6 Å². The van der Waals surface area contributed by atoms with Crippen LogP contribution in [-0.4, -0.2) is 37.5 Å². The van der Waals surface area contributed by atoms with Crippen LogP contribution in [0.3, 0.4) is 0 Å². The molecule has 2 atom stereocenters. The molecule has 320 valence electrons. The van der Waals surface area contributed by atoms with E-state index in [4.69, 9.17) is 0 Å². The molecule has 13 heteroatoms. The molecule has 0 amide bonds. The van der Waals surface area contributed by atoms with Crippen LogP contribution in [0.25, 0.3) is 0 Å². The second kappa shape index (κ2) is 38.1. The zero-order chi connectivity index (χ0) is 36.5. The molecule has 0 aromatic heterocycles. The number of hydrogen-bond acceptors (Lipinski definition) is 4. The predicted molar refractivity (Wildman–Crippen MR) is 224 cm³/mol. The van der Waals surface area contributed by atoms with Gasteiger partial charge < -0.3 is 9.45 Å². The fraction of sp³-hybridized carbons (Fsp3) is 0.675. The molecular weight excluding hydrogens is 742 g/mol. The Bertz CT molecular complexity index is 1080. The first-order chi connectivity index (χ1) is 21.1. The van der Waals surface area contributed by atoms with Gasteiger partial charge in [-0.2, -0.15) is 0 Å². The summed E-state index contributed by atoms with van der Waals surface area (Å²) in [4.78, 5) is 2.47. The van der Waals surface area contributed by atoms with Gasteiger partial charge in [-0.15, -0.1) is 0 Å². The summed E-state index contributed by atoms with van der Waals surface area (Å²) in [6.45, 7) is 24.4. The Balaban J connectivity index is -0.0000000560. The van der Waals surface area contributed by atoms with Gasteiger partial charge in [-0.3, -0.25) is 0 Å². The maximum Gasteiger partial charge on any atom is 1.00 e. The molecule has 2 aromatic carbocycles. The van der Waals surface area contributed by atoms with Crippen LogP contribution in [0.2, 0.25) is 0 Å². The van der Waals surface area contributed by atoms with Crippen molar-refractivity contribution in [3.8, 4) is 0 Å². The number of nitrogens with zero attached hydrogens (tertiary/aromatic N) is 1. The third kappa shape index (κ3) is 55.6. The Morgan fingerprint density at radius 3 is 1.09 bits per heavy atom. The van der Waals surface area contributed by atoms with Crippen LogP contribution in [0.5, 0.6) is 0 Å². The van der Waals surface area contributed by atoms with E-state index >= 15 is 0 Å². The average Bonchev–Trinajstić information content (AvgIpc) is 3.00. The standard InChI is InChI=1S/C12H27N.C10H14O3S.C10H14.C2H5.6CH4.F6P.Na/c1-4-7-10-13(11-8-5-2)12-9-6-3;1-3-8(2)9-4-6-10(7-5-9)14(11,12)13;1-3-9(2)10-7-5-4-6-8-10;1-2;;;;;;;1-7(2,3,4,5)6;/h4-12H2,1-3H3;4-8H,3H2,1-2H3,(H,11,12,13);4-9H,3H2,1-2H3;1H2,2H3;6*1H4;;/q;;;+1;;;;;;;-1;+1/p-1.